The maximum absolute atomic E-state index is 12.9. The molecule has 8 unspecified atom stereocenters. The second kappa shape index (κ2) is 11.2. The Kier molecular flexibility index (Phi) is 9.56. The van der Waals surface area contributed by atoms with E-state index in [1.807, 2.05) is 13.8 Å². The zero-order valence-electron chi connectivity index (χ0n) is 17.1. The summed E-state index contributed by atoms with van der Waals surface area (Å²) in [7, 11) is 0. The Labute approximate surface area is 175 Å². The van der Waals surface area contributed by atoms with E-state index in [1.54, 1.807) is 6.26 Å². The lowest BCUT2D eigenvalue weighted by molar-refractivity contribution is -0.208. The average Bonchev–Trinajstić information content (AvgIpc) is 2.69. The normalized spacial score (nSPS) is 37.0. The summed E-state index contributed by atoms with van der Waals surface area (Å²) in [6, 6.07) is -1.09. The van der Waals surface area contributed by atoms with E-state index in [-0.39, 0.29) is 24.2 Å². The summed E-state index contributed by atoms with van der Waals surface area (Å²) >= 11 is 1.22. The minimum atomic E-state index is -2.33. The Morgan fingerprint density at radius 2 is 1.93 bits per heavy atom. The summed E-state index contributed by atoms with van der Waals surface area (Å²) in [5, 5.41) is 36.7. The number of alkyl halides is 2. The van der Waals surface area contributed by atoms with Crippen molar-refractivity contribution in [1.82, 2.24) is 10.6 Å². The van der Waals surface area contributed by atoms with Crippen molar-refractivity contribution in [2.75, 3.05) is 12.8 Å². The van der Waals surface area contributed by atoms with E-state index >= 15 is 0 Å². The van der Waals surface area contributed by atoms with Crippen molar-refractivity contribution in [2.24, 2.45) is 11.8 Å². The highest BCUT2D eigenvalue weighted by Gasteiger charge is 2.47. The van der Waals surface area contributed by atoms with Crippen LogP contribution in [0.15, 0.2) is 0 Å². The first kappa shape index (κ1) is 24.7. The van der Waals surface area contributed by atoms with Gasteiger partial charge < -0.3 is 30.7 Å². The number of thioether (sulfide) groups is 1. The van der Waals surface area contributed by atoms with Gasteiger partial charge in [0.15, 0.2) is 0 Å². The SMILES string of the molecule is CSC1OC(C(NC(=O)C2CC(CCC(F)F)CCN2)C(C)C)C(O)C(O)C1O. The molecular weight excluding hydrogens is 406 g/mol. The Morgan fingerprint density at radius 1 is 1.24 bits per heavy atom. The molecule has 2 fully saturated rings. The summed E-state index contributed by atoms with van der Waals surface area (Å²) in [5.74, 6) is -0.322. The van der Waals surface area contributed by atoms with Gasteiger partial charge in [-0.15, -0.1) is 11.8 Å². The van der Waals surface area contributed by atoms with Crippen molar-refractivity contribution in [1.29, 1.82) is 0 Å². The Hall–Kier alpha value is -0.520. The number of hydrogen-bond donors (Lipinski definition) is 5. The molecule has 0 aromatic heterocycles. The van der Waals surface area contributed by atoms with Gasteiger partial charge in [0, 0.05) is 6.42 Å². The Morgan fingerprint density at radius 3 is 2.52 bits per heavy atom. The number of carbonyl (C=O) groups is 1. The van der Waals surface area contributed by atoms with Crippen molar-refractivity contribution in [3.05, 3.63) is 0 Å². The second-order valence-corrected chi connectivity index (χ2v) is 9.26. The molecule has 0 spiro atoms. The van der Waals surface area contributed by atoms with Gasteiger partial charge in [-0.3, -0.25) is 4.79 Å². The number of aliphatic hydroxyl groups is 3. The van der Waals surface area contributed by atoms with Gasteiger partial charge in [0.25, 0.3) is 0 Å². The minimum absolute atomic E-state index is 0.0628. The van der Waals surface area contributed by atoms with Crippen molar-refractivity contribution in [3.8, 4) is 0 Å². The van der Waals surface area contributed by atoms with Crippen LogP contribution in [0.2, 0.25) is 0 Å². The van der Waals surface area contributed by atoms with Gasteiger partial charge >= 0.3 is 0 Å². The molecule has 29 heavy (non-hydrogen) atoms. The van der Waals surface area contributed by atoms with Crippen molar-refractivity contribution >= 4 is 17.7 Å². The molecule has 7 nitrogen and oxygen atoms in total. The van der Waals surface area contributed by atoms with Crippen LogP contribution in [0.4, 0.5) is 8.78 Å². The largest absolute Gasteiger partial charge is 0.388 e. The summed E-state index contributed by atoms with van der Waals surface area (Å²) in [6.45, 7) is 4.32. The van der Waals surface area contributed by atoms with Crippen LogP contribution in [-0.2, 0) is 9.53 Å². The van der Waals surface area contributed by atoms with Crippen LogP contribution in [0.1, 0.15) is 39.5 Å². The van der Waals surface area contributed by atoms with Crippen LogP contribution in [0.25, 0.3) is 0 Å². The lowest BCUT2D eigenvalue weighted by atomic mass is 9.86. The van der Waals surface area contributed by atoms with Gasteiger partial charge in [0.1, 0.15) is 29.9 Å². The van der Waals surface area contributed by atoms with E-state index in [4.69, 9.17) is 4.74 Å². The Balaban J connectivity index is 2.03. The molecule has 2 saturated heterocycles. The lowest BCUT2D eigenvalue weighted by Gasteiger charge is -2.44. The quantitative estimate of drug-likeness (QED) is 0.378. The zero-order chi connectivity index (χ0) is 21.7. The number of hydrogen-bond acceptors (Lipinski definition) is 7. The molecule has 2 aliphatic heterocycles. The number of ether oxygens (including phenoxy) is 1. The maximum Gasteiger partial charge on any atom is 0.238 e. The van der Waals surface area contributed by atoms with E-state index in [2.05, 4.69) is 10.6 Å². The predicted octanol–water partition coefficient (Wildman–Crippen LogP) is 0.711. The Bertz CT molecular complexity index is 529. The third-order valence-electron chi connectivity index (χ3n) is 5.84. The van der Waals surface area contributed by atoms with Gasteiger partial charge in [-0.25, -0.2) is 8.78 Å². The first-order valence-corrected chi connectivity index (χ1v) is 11.5. The van der Waals surface area contributed by atoms with Gasteiger partial charge in [0.2, 0.25) is 12.3 Å². The molecule has 0 radical (unpaired) electrons. The highest BCUT2D eigenvalue weighted by Crippen LogP contribution is 2.31. The first-order valence-electron chi connectivity index (χ1n) is 10.2. The summed E-state index contributed by atoms with van der Waals surface area (Å²) in [6.07, 6.45) is -3.98. The van der Waals surface area contributed by atoms with E-state index < -0.39 is 48.4 Å². The number of piperidine rings is 1. The van der Waals surface area contributed by atoms with Crippen LogP contribution in [0, 0.1) is 11.8 Å². The van der Waals surface area contributed by atoms with E-state index in [0.29, 0.717) is 19.4 Å². The molecule has 2 aliphatic rings. The zero-order valence-corrected chi connectivity index (χ0v) is 17.9. The predicted molar refractivity (Wildman–Crippen MR) is 107 cm³/mol. The summed E-state index contributed by atoms with van der Waals surface area (Å²) in [5.41, 5.74) is -0.719. The fourth-order valence-electron chi connectivity index (χ4n) is 4.08. The van der Waals surface area contributed by atoms with Crippen molar-refractivity contribution in [3.63, 3.8) is 0 Å². The van der Waals surface area contributed by atoms with Crippen LogP contribution >= 0.6 is 11.8 Å². The molecule has 2 rings (SSSR count). The molecule has 0 aromatic rings. The molecule has 2 heterocycles. The van der Waals surface area contributed by atoms with E-state index in [0.717, 1.165) is 6.42 Å². The third-order valence-corrected chi connectivity index (χ3v) is 6.70. The van der Waals surface area contributed by atoms with Crippen molar-refractivity contribution < 1.29 is 33.6 Å². The number of carbonyl (C=O) groups excluding carboxylic acids is 1. The summed E-state index contributed by atoms with van der Waals surface area (Å²) in [4.78, 5) is 12.9. The molecule has 0 aliphatic carbocycles. The van der Waals surface area contributed by atoms with E-state index in [9.17, 15) is 28.9 Å². The molecule has 1 amide bonds. The molecule has 0 aromatic carbocycles. The molecule has 170 valence electrons. The molecule has 0 saturated carbocycles. The molecule has 10 heteroatoms. The fourth-order valence-corrected chi connectivity index (χ4v) is 4.76. The molecule has 8 atom stereocenters. The number of aliphatic hydroxyl groups excluding tert-OH is 3. The lowest BCUT2D eigenvalue weighted by Crippen LogP contribution is -2.65. The molecule has 5 N–H and O–H groups in total. The number of halogens is 2. The monoisotopic (exact) mass is 440 g/mol. The maximum atomic E-state index is 12.9. The van der Waals surface area contributed by atoms with Gasteiger partial charge in [0.05, 0.1) is 12.1 Å². The fraction of sp³-hybridized carbons (Fsp3) is 0.947. The van der Waals surface area contributed by atoms with Crippen LogP contribution < -0.4 is 10.6 Å². The van der Waals surface area contributed by atoms with Crippen LogP contribution in [-0.4, -0.2) is 82.4 Å². The van der Waals surface area contributed by atoms with Gasteiger partial charge in [-0.05, 0) is 43.9 Å². The van der Waals surface area contributed by atoms with Crippen LogP contribution in [0.5, 0.6) is 0 Å². The van der Waals surface area contributed by atoms with Gasteiger partial charge in [-0.1, -0.05) is 13.8 Å². The van der Waals surface area contributed by atoms with Crippen LogP contribution in [0.3, 0.4) is 0 Å². The molecule has 0 bridgehead atoms. The number of amides is 1. The number of nitrogens with one attached hydrogen (secondary N) is 2. The average molecular weight is 441 g/mol. The second-order valence-electron chi connectivity index (χ2n) is 8.32. The topological polar surface area (TPSA) is 111 Å². The third kappa shape index (κ3) is 6.48. The standard InChI is InChI=1S/C19H34F2N2O5S/c1-9(2)13(17-15(25)14(24)16(26)19(28-17)29-3)23-18(27)11-8-10(6-7-22-11)4-5-12(20)21/h9-17,19,22,24-26H,4-8H2,1-3H3,(H,23,27). The number of rotatable bonds is 8. The smallest absolute Gasteiger partial charge is 0.238 e. The summed E-state index contributed by atoms with van der Waals surface area (Å²) < 4.78 is 30.8. The van der Waals surface area contributed by atoms with E-state index in [1.165, 1.54) is 11.8 Å². The first-order chi connectivity index (χ1) is 13.6. The highest BCUT2D eigenvalue weighted by molar-refractivity contribution is 7.99. The highest BCUT2D eigenvalue weighted by atomic mass is 32.2. The molecular formula is C19H34F2N2O5S. The minimum Gasteiger partial charge on any atom is -0.388 e. The van der Waals surface area contributed by atoms with Gasteiger partial charge in [-0.2, -0.15) is 0 Å². The van der Waals surface area contributed by atoms with Crippen molar-refractivity contribution in [2.45, 2.75) is 87.9 Å².